The Hall–Kier alpha value is -3.16. The van der Waals surface area contributed by atoms with Gasteiger partial charge in [0.25, 0.3) is 0 Å². The third-order valence-electron chi connectivity index (χ3n) is 11.1. The highest BCUT2D eigenvalue weighted by atomic mass is 16.5. The highest BCUT2D eigenvalue weighted by molar-refractivity contribution is 5.87. The van der Waals surface area contributed by atoms with Gasteiger partial charge in [-0.05, 0) is 105 Å². The predicted molar refractivity (Wildman–Crippen MR) is 194 cm³/mol. The molecule has 0 spiro atoms. The summed E-state index contributed by atoms with van der Waals surface area (Å²) < 4.78 is 5.36. The lowest BCUT2D eigenvalue weighted by molar-refractivity contribution is 0.195. The minimum absolute atomic E-state index is 0.0965. The average Bonchev–Trinajstić information content (AvgIpc) is 3.35. The molecule has 0 atom stereocenters. The van der Waals surface area contributed by atoms with Gasteiger partial charge < -0.3 is 4.74 Å². The van der Waals surface area contributed by atoms with E-state index in [1.165, 1.54) is 74.9 Å². The molecule has 0 amide bonds. The first kappa shape index (κ1) is 33.2. The van der Waals surface area contributed by atoms with E-state index in [1.54, 1.807) is 7.11 Å². The minimum atomic E-state index is -0.392. The van der Waals surface area contributed by atoms with Gasteiger partial charge in [-0.1, -0.05) is 146 Å². The van der Waals surface area contributed by atoms with E-state index < -0.39 is 5.41 Å². The lowest BCUT2D eigenvalue weighted by Crippen LogP contribution is -2.30. The molecule has 4 aromatic carbocycles. The van der Waals surface area contributed by atoms with E-state index in [0.29, 0.717) is 0 Å². The molecule has 4 aromatic rings. The smallest absolute Gasteiger partial charge is 0.0713 e. The van der Waals surface area contributed by atoms with Crippen LogP contribution in [0.1, 0.15) is 131 Å². The molecule has 1 heteroatoms. The lowest BCUT2D eigenvalue weighted by atomic mass is 9.66. The van der Waals surface area contributed by atoms with Crippen LogP contribution in [0.2, 0.25) is 0 Å². The van der Waals surface area contributed by atoms with Crippen molar-refractivity contribution in [2.75, 3.05) is 13.7 Å². The average molecular weight is 601 g/mol. The van der Waals surface area contributed by atoms with Crippen molar-refractivity contribution in [2.24, 2.45) is 0 Å². The van der Waals surface area contributed by atoms with E-state index in [-0.39, 0.29) is 10.8 Å². The minimum Gasteiger partial charge on any atom is -0.385 e. The Morgan fingerprint density at radius 2 is 1.00 bits per heavy atom. The van der Waals surface area contributed by atoms with Crippen LogP contribution in [0.15, 0.2) is 84.9 Å². The maximum atomic E-state index is 5.36. The summed E-state index contributed by atoms with van der Waals surface area (Å²) in [6.45, 7) is 17.3. The standard InChI is InChI=1S/C44H56O/c1-9-12-13-15-32-17-21-34(22-18-32)44(35-23-19-33(20-24-35)16-14-29-45-8)40-30-36(42(4,5)10-2)25-27-38(40)39-28-26-37(31-41(39)44)43(6,7)11-3/h17-28,30-31H,9-16,29H2,1-8H3. The quantitative estimate of drug-likeness (QED) is 0.115. The van der Waals surface area contributed by atoms with Crippen LogP contribution in [0.5, 0.6) is 0 Å². The number of aryl methyl sites for hydroxylation is 2. The molecule has 0 aromatic heterocycles. The summed E-state index contributed by atoms with van der Waals surface area (Å²) in [7, 11) is 1.79. The first-order chi connectivity index (χ1) is 21.6. The molecule has 0 saturated heterocycles. The Morgan fingerprint density at radius 3 is 1.40 bits per heavy atom. The number of rotatable bonds is 14. The Balaban J connectivity index is 1.80. The third-order valence-corrected chi connectivity index (χ3v) is 11.1. The number of methoxy groups -OCH3 is 1. The maximum absolute atomic E-state index is 5.36. The number of ether oxygens (including phenoxy) is 1. The first-order valence-corrected chi connectivity index (χ1v) is 17.6. The SMILES string of the molecule is CCCCCc1ccc(C2(c3ccc(CCCOC)cc3)c3cc(C(C)(C)CC)ccc3-c3ccc(C(C)(C)CC)cc32)cc1. The summed E-state index contributed by atoms with van der Waals surface area (Å²) in [5.74, 6) is 0. The summed E-state index contributed by atoms with van der Waals surface area (Å²) in [6, 6.07) is 34.0. The molecule has 45 heavy (non-hydrogen) atoms. The van der Waals surface area contributed by atoms with Crippen LogP contribution in [-0.4, -0.2) is 13.7 Å². The zero-order chi connectivity index (χ0) is 32.2. The fraction of sp³-hybridized carbons (Fsp3) is 0.455. The molecule has 0 aliphatic heterocycles. The molecule has 0 N–H and O–H groups in total. The summed E-state index contributed by atoms with van der Waals surface area (Å²) in [6.07, 6.45) is 9.21. The van der Waals surface area contributed by atoms with Crippen molar-refractivity contribution in [3.05, 3.63) is 129 Å². The van der Waals surface area contributed by atoms with Gasteiger partial charge in [-0.2, -0.15) is 0 Å². The van der Waals surface area contributed by atoms with E-state index in [0.717, 1.165) is 38.7 Å². The monoisotopic (exact) mass is 600 g/mol. The number of unbranched alkanes of at least 4 members (excludes halogenated alkanes) is 2. The van der Waals surface area contributed by atoms with Gasteiger partial charge in [0.2, 0.25) is 0 Å². The molecule has 1 aliphatic carbocycles. The third kappa shape index (κ3) is 6.31. The van der Waals surface area contributed by atoms with Gasteiger partial charge in [0, 0.05) is 13.7 Å². The number of fused-ring (bicyclic) bond motifs is 3. The van der Waals surface area contributed by atoms with Crippen LogP contribution in [-0.2, 0) is 33.8 Å². The molecule has 0 saturated carbocycles. The van der Waals surface area contributed by atoms with Crippen LogP contribution >= 0.6 is 0 Å². The van der Waals surface area contributed by atoms with Gasteiger partial charge in [-0.25, -0.2) is 0 Å². The topological polar surface area (TPSA) is 9.23 Å². The molecule has 5 rings (SSSR count). The molecule has 238 valence electrons. The molecule has 1 aliphatic rings. The lowest BCUT2D eigenvalue weighted by Gasteiger charge is -2.36. The highest BCUT2D eigenvalue weighted by Gasteiger charge is 2.47. The van der Waals surface area contributed by atoms with Gasteiger partial charge in [-0.15, -0.1) is 0 Å². The second-order valence-electron chi connectivity index (χ2n) is 14.7. The van der Waals surface area contributed by atoms with Gasteiger partial charge in [-0.3, -0.25) is 0 Å². The molecule has 0 radical (unpaired) electrons. The maximum Gasteiger partial charge on any atom is 0.0713 e. The van der Waals surface area contributed by atoms with Gasteiger partial charge in [0.05, 0.1) is 5.41 Å². The van der Waals surface area contributed by atoms with Crippen LogP contribution < -0.4 is 0 Å². The number of benzene rings is 4. The van der Waals surface area contributed by atoms with Gasteiger partial charge in [0.1, 0.15) is 0 Å². The van der Waals surface area contributed by atoms with Crippen molar-refractivity contribution < 1.29 is 4.74 Å². The van der Waals surface area contributed by atoms with Crippen LogP contribution in [0.4, 0.5) is 0 Å². The molecular weight excluding hydrogens is 544 g/mol. The zero-order valence-electron chi connectivity index (χ0n) is 29.4. The van der Waals surface area contributed by atoms with E-state index in [1.807, 2.05) is 0 Å². The highest BCUT2D eigenvalue weighted by Crippen LogP contribution is 2.57. The molecule has 1 nitrogen and oxygen atoms in total. The van der Waals surface area contributed by atoms with E-state index in [9.17, 15) is 0 Å². The van der Waals surface area contributed by atoms with Crippen molar-refractivity contribution in [3.63, 3.8) is 0 Å². The van der Waals surface area contributed by atoms with E-state index >= 15 is 0 Å². The van der Waals surface area contributed by atoms with Crippen molar-refractivity contribution >= 4 is 0 Å². The summed E-state index contributed by atoms with van der Waals surface area (Å²) in [4.78, 5) is 0. The molecule has 0 bridgehead atoms. The Kier molecular flexibility index (Phi) is 10.1. The van der Waals surface area contributed by atoms with E-state index in [4.69, 9.17) is 4.74 Å². The van der Waals surface area contributed by atoms with Crippen molar-refractivity contribution in [1.82, 2.24) is 0 Å². The van der Waals surface area contributed by atoms with Crippen LogP contribution in [0.25, 0.3) is 11.1 Å². The first-order valence-electron chi connectivity index (χ1n) is 17.6. The summed E-state index contributed by atoms with van der Waals surface area (Å²) >= 11 is 0. The largest absolute Gasteiger partial charge is 0.385 e. The second kappa shape index (κ2) is 13.7. The predicted octanol–water partition coefficient (Wildman–Crippen LogP) is 11.7. The van der Waals surface area contributed by atoms with Crippen molar-refractivity contribution in [3.8, 4) is 11.1 Å². The zero-order valence-corrected chi connectivity index (χ0v) is 29.4. The van der Waals surface area contributed by atoms with Gasteiger partial charge in [0.15, 0.2) is 0 Å². The Morgan fingerprint density at radius 1 is 0.556 bits per heavy atom. The second-order valence-corrected chi connectivity index (χ2v) is 14.7. The summed E-state index contributed by atoms with van der Waals surface area (Å²) in [5.41, 5.74) is 13.8. The molecule has 0 fully saturated rings. The van der Waals surface area contributed by atoms with E-state index in [2.05, 4.69) is 133 Å². The number of hydrogen-bond acceptors (Lipinski definition) is 1. The fourth-order valence-electron chi connectivity index (χ4n) is 7.21. The fourth-order valence-corrected chi connectivity index (χ4v) is 7.21. The molecule has 0 unspecified atom stereocenters. The van der Waals surface area contributed by atoms with Crippen molar-refractivity contribution in [2.45, 2.75) is 116 Å². The van der Waals surface area contributed by atoms with Crippen LogP contribution in [0.3, 0.4) is 0 Å². The molecule has 0 heterocycles. The normalized spacial score (nSPS) is 14.0. The Labute approximate surface area is 274 Å². The van der Waals surface area contributed by atoms with Crippen molar-refractivity contribution in [1.29, 1.82) is 0 Å². The number of hydrogen-bond donors (Lipinski definition) is 0. The van der Waals surface area contributed by atoms with Gasteiger partial charge >= 0.3 is 0 Å². The van der Waals surface area contributed by atoms with Crippen LogP contribution in [0, 0.1) is 0 Å². The summed E-state index contributed by atoms with van der Waals surface area (Å²) in [5, 5.41) is 0. The Bertz CT molecular complexity index is 1450. The molecular formula is C44H56O.